The first-order valence-corrected chi connectivity index (χ1v) is 9.54. The van der Waals surface area contributed by atoms with E-state index in [2.05, 4.69) is 9.88 Å². The van der Waals surface area contributed by atoms with Crippen LogP contribution in [0.1, 0.15) is 34.1 Å². The number of carbonyl (C=O) groups excluding carboxylic acids is 2. The molecule has 1 aromatic carbocycles. The van der Waals surface area contributed by atoms with E-state index in [1.54, 1.807) is 24.0 Å². The molecule has 1 aliphatic rings. The molecule has 2 aromatic rings. The highest BCUT2D eigenvalue weighted by Gasteiger charge is 2.24. The lowest BCUT2D eigenvalue weighted by molar-refractivity contribution is 0.0525. The van der Waals surface area contributed by atoms with Crippen LogP contribution in [0.4, 0.5) is 10.2 Å². The van der Waals surface area contributed by atoms with Crippen molar-refractivity contribution >= 4 is 17.7 Å². The van der Waals surface area contributed by atoms with Crippen LogP contribution in [0.5, 0.6) is 5.75 Å². The van der Waals surface area contributed by atoms with Gasteiger partial charge in [-0.2, -0.15) is 0 Å². The van der Waals surface area contributed by atoms with Gasteiger partial charge in [0.15, 0.2) is 0 Å². The Morgan fingerprint density at radius 1 is 1.14 bits per heavy atom. The predicted octanol–water partition coefficient (Wildman–Crippen LogP) is 2.76. The molecule has 2 heterocycles. The second-order valence-electron chi connectivity index (χ2n) is 6.60. The molecule has 8 heteroatoms. The van der Waals surface area contributed by atoms with Crippen LogP contribution in [0.25, 0.3) is 0 Å². The molecular formula is C21H24FN3O4. The van der Waals surface area contributed by atoms with Crippen LogP contribution in [-0.2, 0) is 4.74 Å². The predicted molar refractivity (Wildman–Crippen MR) is 106 cm³/mol. The van der Waals surface area contributed by atoms with Crippen molar-refractivity contribution in [1.29, 1.82) is 0 Å². The van der Waals surface area contributed by atoms with Crippen molar-refractivity contribution in [3.8, 4) is 5.75 Å². The van der Waals surface area contributed by atoms with Crippen LogP contribution in [0.3, 0.4) is 0 Å². The SMILES string of the molecule is CCOC(=O)c1ccc(N2CCCN(C(=O)c3cc(F)ccc3OC)CC2)nc1. The number of amides is 1. The van der Waals surface area contributed by atoms with Gasteiger partial charge < -0.3 is 19.3 Å². The molecule has 3 rings (SSSR count). The lowest BCUT2D eigenvalue weighted by Crippen LogP contribution is -2.35. The van der Waals surface area contributed by atoms with E-state index in [1.807, 2.05) is 0 Å². The van der Waals surface area contributed by atoms with Gasteiger partial charge in [-0.05, 0) is 43.7 Å². The second-order valence-corrected chi connectivity index (χ2v) is 6.60. The maximum absolute atomic E-state index is 13.6. The zero-order valence-corrected chi connectivity index (χ0v) is 16.6. The molecule has 29 heavy (non-hydrogen) atoms. The van der Waals surface area contributed by atoms with Gasteiger partial charge in [0.2, 0.25) is 0 Å². The van der Waals surface area contributed by atoms with Gasteiger partial charge in [0.1, 0.15) is 17.4 Å². The lowest BCUT2D eigenvalue weighted by atomic mass is 10.1. The van der Waals surface area contributed by atoms with Crippen LogP contribution < -0.4 is 9.64 Å². The van der Waals surface area contributed by atoms with Gasteiger partial charge in [-0.1, -0.05) is 0 Å². The third-order valence-corrected chi connectivity index (χ3v) is 4.76. The molecular weight excluding hydrogens is 377 g/mol. The number of anilines is 1. The molecule has 7 nitrogen and oxygen atoms in total. The van der Waals surface area contributed by atoms with E-state index in [9.17, 15) is 14.0 Å². The van der Waals surface area contributed by atoms with Crippen molar-refractivity contribution in [3.05, 3.63) is 53.5 Å². The Labute approximate surface area is 169 Å². The summed E-state index contributed by atoms with van der Waals surface area (Å²) in [6, 6.07) is 7.40. The maximum atomic E-state index is 13.6. The molecule has 154 valence electrons. The van der Waals surface area contributed by atoms with Crippen LogP contribution in [-0.4, -0.2) is 61.7 Å². The van der Waals surface area contributed by atoms with E-state index in [-0.39, 0.29) is 11.5 Å². The molecule has 0 spiro atoms. The molecule has 0 unspecified atom stereocenters. The van der Waals surface area contributed by atoms with Gasteiger partial charge in [-0.15, -0.1) is 0 Å². The summed E-state index contributed by atoms with van der Waals surface area (Å²) >= 11 is 0. The molecule has 1 amide bonds. The van der Waals surface area contributed by atoms with Gasteiger partial charge in [0.05, 0.1) is 24.8 Å². The minimum absolute atomic E-state index is 0.220. The first kappa shape index (κ1) is 20.6. The standard InChI is InChI=1S/C21H24FN3O4/c1-3-29-21(27)15-5-8-19(23-14-15)24-9-4-10-25(12-11-24)20(26)17-13-16(22)6-7-18(17)28-2/h5-8,13-14H,3-4,9-12H2,1-2H3. The molecule has 0 radical (unpaired) electrons. The fourth-order valence-electron chi connectivity index (χ4n) is 3.28. The molecule has 0 saturated carbocycles. The Morgan fingerprint density at radius 2 is 1.97 bits per heavy atom. The Balaban J connectivity index is 1.68. The third-order valence-electron chi connectivity index (χ3n) is 4.76. The van der Waals surface area contributed by atoms with Gasteiger partial charge in [-0.3, -0.25) is 4.79 Å². The molecule has 0 N–H and O–H groups in total. The zero-order chi connectivity index (χ0) is 20.8. The summed E-state index contributed by atoms with van der Waals surface area (Å²) in [6.45, 7) is 4.39. The molecule has 1 aromatic heterocycles. The topological polar surface area (TPSA) is 72.0 Å². The van der Waals surface area contributed by atoms with E-state index in [4.69, 9.17) is 9.47 Å². The number of carbonyl (C=O) groups is 2. The third kappa shape index (κ3) is 4.82. The number of esters is 1. The first-order chi connectivity index (χ1) is 14.0. The van der Waals surface area contributed by atoms with Gasteiger partial charge in [0, 0.05) is 32.4 Å². The highest BCUT2D eigenvalue weighted by molar-refractivity contribution is 5.97. The Kier molecular flexibility index (Phi) is 6.64. The van der Waals surface area contributed by atoms with Crippen LogP contribution in [0, 0.1) is 5.82 Å². The number of nitrogens with zero attached hydrogens (tertiary/aromatic N) is 3. The van der Waals surface area contributed by atoms with Gasteiger partial charge >= 0.3 is 5.97 Å². The van der Waals surface area contributed by atoms with Crippen LogP contribution in [0.2, 0.25) is 0 Å². The number of ether oxygens (including phenoxy) is 2. The smallest absolute Gasteiger partial charge is 0.339 e. The number of aromatic nitrogens is 1. The number of benzene rings is 1. The van der Waals surface area contributed by atoms with Crippen molar-refractivity contribution in [1.82, 2.24) is 9.88 Å². The fraction of sp³-hybridized carbons (Fsp3) is 0.381. The number of hydrogen-bond donors (Lipinski definition) is 0. The largest absolute Gasteiger partial charge is 0.496 e. The summed E-state index contributed by atoms with van der Waals surface area (Å²) in [7, 11) is 1.46. The van der Waals surface area contributed by atoms with Crippen LogP contribution >= 0.6 is 0 Å². The minimum atomic E-state index is -0.475. The van der Waals surface area contributed by atoms with E-state index in [0.717, 1.165) is 18.8 Å². The summed E-state index contributed by atoms with van der Waals surface area (Å²) in [5, 5.41) is 0. The fourth-order valence-corrected chi connectivity index (χ4v) is 3.28. The number of hydrogen-bond acceptors (Lipinski definition) is 6. The number of rotatable bonds is 5. The number of pyridine rings is 1. The summed E-state index contributed by atoms with van der Waals surface area (Å²) in [5.41, 5.74) is 0.623. The van der Waals surface area contributed by atoms with Crippen molar-refractivity contribution in [2.24, 2.45) is 0 Å². The highest BCUT2D eigenvalue weighted by atomic mass is 19.1. The number of halogens is 1. The Hall–Kier alpha value is -3.16. The first-order valence-electron chi connectivity index (χ1n) is 9.54. The summed E-state index contributed by atoms with van der Waals surface area (Å²) in [6.07, 6.45) is 2.24. The van der Waals surface area contributed by atoms with Crippen molar-refractivity contribution < 1.29 is 23.5 Å². The second kappa shape index (κ2) is 9.36. The molecule has 1 fully saturated rings. The molecule has 0 bridgehead atoms. The molecule has 1 saturated heterocycles. The number of methoxy groups -OCH3 is 1. The van der Waals surface area contributed by atoms with E-state index in [1.165, 1.54) is 31.5 Å². The average Bonchev–Trinajstić information content (AvgIpc) is 3.00. The normalized spacial score (nSPS) is 14.3. The molecule has 0 atom stereocenters. The highest BCUT2D eigenvalue weighted by Crippen LogP contribution is 2.22. The van der Waals surface area contributed by atoms with Crippen LogP contribution in [0.15, 0.2) is 36.5 Å². The van der Waals surface area contributed by atoms with Gasteiger partial charge in [-0.25, -0.2) is 14.2 Å². The van der Waals surface area contributed by atoms with E-state index >= 15 is 0 Å². The lowest BCUT2D eigenvalue weighted by Gasteiger charge is -2.23. The zero-order valence-electron chi connectivity index (χ0n) is 16.6. The summed E-state index contributed by atoms with van der Waals surface area (Å²) in [4.78, 5) is 32.8. The van der Waals surface area contributed by atoms with E-state index in [0.29, 0.717) is 37.6 Å². The molecule has 1 aliphatic heterocycles. The van der Waals surface area contributed by atoms with E-state index < -0.39 is 11.8 Å². The summed E-state index contributed by atoms with van der Waals surface area (Å²) < 4.78 is 23.8. The molecule has 0 aliphatic carbocycles. The monoisotopic (exact) mass is 401 g/mol. The van der Waals surface area contributed by atoms with Crippen molar-refractivity contribution in [2.75, 3.05) is 44.8 Å². The minimum Gasteiger partial charge on any atom is -0.496 e. The van der Waals surface area contributed by atoms with Crippen molar-refractivity contribution in [2.45, 2.75) is 13.3 Å². The Morgan fingerprint density at radius 3 is 2.66 bits per heavy atom. The summed E-state index contributed by atoms with van der Waals surface area (Å²) in [5.74, 6) is -0.0436. The van der Waals surface area contributed by atoms with Crippen molar-refractivity contribution in [3.63, 3.8) is 0 Å². The average molecular weight is 401 g/mol. The quantitative estimate of drug-likeness (QED) is 0.718. The Bertz CT molecular complexity index is 873. The van der Waals surface area contributed by atoms with Gasteiger partial charge in [0.25, 0.3) is 5.91 Å². The maximum Gasteiger partial charge on any atom is 0.339 e.